The first-order chi connectivity index (χ1) is 11.8. The van der Waals surface area contributed by atoms with Crippen LogP contribution in [0.5, 0.6) is 0 Å². The lowest BCUT2D eigenvalue weighted by Crippen LogP contribution is -2.36. The second-order valence-corrected chi connectivity index (χ2v) is 8.01. The molecule has 2 rings (SSSR count). The Balaban J connectivity index is 0.00000338. The topological polar surface area (TPSA) is 96.6 Å². The SMILES string of the molecule is CCNC(=NCc1cc(F)ccc1F)NCc1ccc(S(N)(=O)=O)s1.I. The molecule has 4 N–H and O–H groups in total. The molecule has 6 nitrogen and oxygen atoms in total. The van der Waals surface area contributed by atoms with E-state index in [4.69, 9.17) is 5.14 Å². The third kappa shape index (κ3) is 6.78. The first-order valence-electron chi connectivity index (χ1n) is 7.37. The van der Waals surface area contributed by atoms with E-state index < -0.39 is 21.7 Å². The van der Waals surface area contributed by atoms with Crippen molar-refractivity contribution in [2.75, 3.05) is 6.54 Å². The van der Waals surface area contributed by atoms with Crippen molar-refractivity contribution < 1.29 is 17.2 Å². The Morgan fingerprint density at radius 1 is 1.23 bits per heavy atom. The quantitative estimate of drug-likeness (QED) is 0.313. The molecule has 0 radical (unpaired) electrons. The van der Waals surface area contributed by atoms with Gasteiger partial charge in [0.2, 0.25) is 10.0 Å². The van der Waals surface area contributed by atoms with E-state index in [1.807, 2.05) is 6.92 Å². The van der Waals surface area contributed by atoms with Crippen LogP contribution in [0, 0.1) is 11.6 Å². The summed E-state index contributed by atoms with van der Waals surface area (Å²) in [5.74, 6) is -0.660. The number of sulfonamides is 1. The number of benzene rings is 1. The molecule has 26 heavy (non-hydrogen) atoms. The van der Waals surface area contributed by atoms with Gasteiger partial charge in [-0.05, 0) is 37.3 Å². The third-order valence-corrected chi connectivity index (χ3v) is 5.63. The van der Waals surface area contributed by atoms with Gasteiger partial charge in [0.15, 0.2) is 5.96 Å². The maximum atomic E-state index is 13.6. The summed E-state index contributed by atoms with van der Waals surface area (Å²) in [6, 6.07) is 6.28. The Morgan fingerprint density at radius 3 is 2.58 bits per heavy atom. The molecule has 0 spiro atoms. The predicted octanol–water partition coefficient (Wildman–Crippen LogP) is 2.55. The highest BCUT2D eigenvalue weighted by Crippen LogP contribution is 2.20. The Labute approximate surface area is 172 Å². The molecule has 0 aliphatic heterocycles. The van der Waals surface area contributed by atoms with Crippen LogP contribution in [0.4, 0.5) is 8.78 Å². The van der Waals surface area contributed by atoms with Crippen molar-refractivity contribution in [2.24, 2.45) is 10.1 Å². The van der Waals surface area contributed by atoms with Crippen LogP contribution in [-0.4, -0.2) is 20.9 Å². The summed E-state index contributed by atoms with van der Waals surface area (Å²) in [6.45, 7) is 2.72. The van der Waals surface area contributed by atoms with Crippen LogP contribution in [0.3, 0.4) is 0 Å². The van der Waals surface area contributed by atoms with E-state index in [1.165, 1.54) is 6.07 Å². The van der Waals surface area contributed by atoms with Crippen molar-refractivity contribution in [3.8, 4) is 0 Å². The maximum Gasteiger partial charge on any atom is 0.247 e. The van der Waals surface area contributed by atoms with Crippen molar-refractivity contribution >= 4 is 51.3 Å². The minimum absolute atomic E-state index is 0. The number of halogens is 3. The number of nitrogens with zero attached hydrogens (tertiary/aromatic N) is 1. The molecule has 1 aromatic heterocycles. The fraction of sp³-hybridized carbons (Fsp3) is 0.267. The number of nitrogens with one attached hydrogen (secondary N) is 2. The van der Waals surface area contributed by atoms with E-state index in [0.29, 0.717) is 19.0 Å². The van der Waals surface area contributed by atoms with Crippen LogP contribution < -0.4 is 15.8 Å². The van der Waals surface area contributed by atoms with Gasteiger partial charge in [-0.15, -0.1) is 35.3 Å². The summed E-state index contributed by atoms with van der Waals surface area (Å²) >= 11 is 1.05. The summed E-state index contributed by atoms with van der Waals surface area (Å²) in [5, 5.41) is 11.1. The molecule has 1 aromatic carbocycles. The number of nitrogens with two attached hydrogens (primary N) is 1. The smallest absolute Gasteiger partial charge is 0.247 e. The predicted molar refractivity (Wildman–Crippen MR) is 109 cm³/mol. The molecule has 0 unspecified atom stereocenters. The molecule has 0 saturated carbocycles. The van der Waals surface area contributed by atoms with Crippen LogP contribution >= 0.6 is 35.3 Å². The molecule has 0 aliphatic rings. The zero-order valence-electron chi connectivity index (χ0n) is 13.8. The first-order valence-corrected chi connectivity index (χ1v) is 9.73. The van der Waals surface area contributed by atoms with E-state index in [0.717, 1.165) is 34.4 Å². The Bertz CT molecular complexity index is 872. The van der Waals surface area contributed by atoms with Crippen LogP contribution in [0.25, 0.3) is 0 Å². The molecule has 0 bridgehead atoms. The molecular formula is C15H19F2IN4O2S2. The Hall–Kier alpha value is -1.31. The lowest BCUT2D eigenvalue weighted by Gasteiger charge is -2.10. The highest BCUT2D eigenvalue weighted by atomic mass is 127. The molecule has 11 heteroatoms. The summed E-state index contributed by atoms with van der Waals surface area (Å²) in [5.41, 5.74) is 0.143. The largest absolute Gasteiger partial charge is 0.357 e. The number of primary sulfonamides is 1. The summed E-state index contributed by atoms with van der Waals surface area (Å²) in [6.07, 6.45) is 0. The molecule has 1 heterocycles. The van der Waals surface area contributed by atoms with Crippen LogP contribution in [0.2, 0.25) is 0 Å². The fourth-order valence-electron chi connectivity index (χ4n) is 1.95. The van der Waals surface area contributed by atoms with Gasteiger partial charge in [-0.1, -0.05) is 0 Å². The minimum atomic E-state index is -3.72. The van der Waals surface area contributed by atoms with Crippen molar-refractivity contribution in [3.63, 3.8) is 0 Å². The number of aliphatic imine (C=N–C) groups is 1. The monoisotopic (exact) mass is 516 g/mol. The standard InChI is InChI=1S/C15H18F2N4O2S2.HI/c1-2-19-15(20-8-10-7-11(16)3-5-13(10)17)21-9-12-4-6-14(24-12)25(18,22)23;/h3-7H,2,8-9H2,1H3,(H2,18,22,23)(H2,19,20,21);1H. The van der Waals surface area contributed by atoms with Gasteiger partial charge in [0.25, 0.3) is 0 Å². The fourth-order valence-corrected chi connectivity index (χ4v) is 3.67. The van der Waals surface area contributed by atoms with Crippen LogP contribution in [0.15, 0.2) is 39.5 Å². The molecular weight excluding hydrogens is 497 g/mol. The van der Waals surface area contributed by atoms with Crippen LogP contribution in [0.1, 0.15) is 17.4 Å². The molecule has 0 saturated heterocycles. The van der Waals surface area contributed by atoms with Crippen molar-refractivity contribution in [1.82, 2.24) is 10.6 Å². The van der Waals surface area contributed by atoms with Gasteiger partial charge in [0.1, 0.15) is 15.8 Å². The lowest BCUT2D eigenvalue weighted by molar-refractivity contribution is 0.585. The van der Waals surface area contributed by atoms with Gasteiger partial charge < -0.3 is 10.6 Å². The summed E-state index contributed by atoms with van der Waals surface area (Å²) in [4.78, 5) is 4.95. The highest BCUT2D eigenvalue weighted by Gasteiger charge is 2.11. The van der Waals surface area contributed by atoms with Gasteiger partial charge in [0, 0.05) is 17.0 Å². The van der Waals surface area contributed by atoms with Gasteiger partial charge in [-0.3, -0.25) is 0 Å². The first kappa shape index (κ1) is 22.7. The van der Waals surface area contributed by atoms with Gasteiger partial charge >= 0.3 is 0 Å². The van der Waals surface area contributed by atoms with Gasteiger partial charge in [-0.2, -0.15) is 0 Å². The van der Waals surface area contributed by atoms with E-state index in [-0.39, 0.29) is 40.3 Å². The van der Waals surface area contributed by atoms with Gasteiger partial charge in [0.05, 0.1) is 13.1 Å². The third-order valence-electron chi connectivity index (χ3n) is 3.11. The zero-order valence-corrected chi connectivity index (χ0v) is 17.8. The van der Waals surface area contributed by atoms with E-state index in [2.05, 4.69) is 15.6 Å². The number of hydrogen-bond donors (Lipinski definition) is 3. The second-order valence-electron chi connectivity index (χ2n) is 5.05. The highest BCUT2D eigenvalue weighted by molar-refractivity contribution is 14.0. The van der Waals surface area contributed by atoms with Crippen LogP contribution in [-0.2, 0) is 23.1 Å². The van der Waals surface area contributed by atoms with Gasteiger partial charge in [-0.25, -0.2) is 27.3 Å². The molecule has 2 aromatic rings. The van der Waals surface area contributed by atoms with E-state index in [1.54, 1.807) is 6.07 Å². The van der Waals surface area contributed by atoms with E-state index >= 15 is 0 Å². The molecule has 0 atom stereocenters. The summed E-state index contributed by atoms with van der Waals surface area (Å²) < 4.78 is 49.4. The maximum absolute atomic E-state index is 13.6. The zero-order chi connectivity index (χ0) is 18.4. The number of guanidine groups is 1. The Kier molecular flexibility index (Phi) is 8.86. The minimum Gasteiger partial charge on any atom is -0.357 e. The molecule has 144 valence electrons. The number of thiophene rings is 1. The lowest BCUT2D eigenvalue weighted by atomic mass is 10.2. The Morgan fingerprint density at radius 2 is 1.96 bits per heavy atom. The molecule has 0 fully saturated rings. The second kappa shape index (κ2) is 10.1. The van der Waals surface area contributed by atoms with E-state index in [9.17, 15) is 17.2 Å². The number of rotatable bonds is 6. The summed E-state index contributed by atoms with van der Waals surface area (Å²) in [7, 11) is -3.72. The average Bonchev–Trinajstić information content (AvgIpc) is 3.02. The normalized spacial score (nSPS) is 11.8. The average molecular weight is 516 g/mol. The van der Waals surface area contributed by atoms with Crippen molar-refractivity contribution in [3.05, 3.63) is 52.4 Å². The molecule has 0 aliphatic carbocycles. The van der Waals surface area contributed by atoms with Crippen molar-refractivity contribution in [1.29, 1.82) is 0 Å². The number of hydrogen-bond acceptors (Lipinski definition) is 4. The van der Waals surface area contributed by atoms with Crippen molar-refractivity contribution in [2.45, 2.75) is 24.2 Å². The molecule has 0 amide bonds.